The molecule has 5 nitrogen and oxygen atoms in total. The fourth-order valence-corrected chi connectivity index (χ4v) is 4.49. The van der Waals surface area contributed by atoms with Gasteiger partial charge in [-0.25, -0.2) is 8.42 Å². The molecule has 1 saturated heterocycles. The van der Waals surface area contributed by atoms with Crippen LogP contribution < -0.4 is 0 Å². The number of aromatic nitrogens is 2. The molecule has 0 saturated carbocycles. The van der Waals surface area contributed by atoms with Gasteiger partial charge in [0.1, 0.15) is 0 Å². The monoisotopic (exact) mass is 359 g/mol. The molecule has 1 aliphatic rings. The quantitative estimate of drug-likeness (QED) is 0.824. The average molecular weight is 359 g/mol. The largest absolute Gasteiger partial charge is 0.269 e. The first-order valence-electron chi connectivity index (χ1n) is 8.68. The van der Waals surface area contributed by atoms with Gasteiger partial charge in [0, 0.05) is 30.7 Å². The van der Waals surface area contributed by atoms with Crippen LogP contribution in [0.4, 0.5) is 0 Å². The second-order valence-corrected chi connectivity index (χ2v) is 8.53. The number of sulfonamides is 1. The Morgan fingerprint density at radius 3 is 2.44 bits per heavy atom. The van der Waals surface area contributed by atoms with Crippen LogP contribution in [0.3, 0.4) is 0 Å². The van der Waals surface area contributed by atoms with Crippen molar-refractivity contribution >= 4 is 16.1 Å². The molecule has 3 rings (SSSR count). The number of piperidine rings is 1. The van der Waals surface area contributed by atoms with E-state index in [2.05, 4.69) is 18.1 Å². The smallest absolute Gasteiger partial charge is 0.236 e. The number of aryl methyl sites for hydroxylation is 2. The van der Waals surface area contributed by atoms with E-state index in [0.717, 1.165) is 30.6 Å². The predicted molar refractivity (Wildman–Crippen MR) is 100 cm³/mol. The van der Waals surface area contributed by atoms with E-state index >= 15 is 0 Å². The lowest BCUT2D eigenvalue weighted by Crippen LogP contribution is -2.38. The van der Waals surface area contributed by atoms with Crippen molar-refractivity contribution in [2.45, 2.75) is 33.2 Å². The Kier molecular flexibility index (Phi) is 5.39. The highest BCUT2D eigenvalue weighted by Crippen LogP contribution is 2.22. The summed E-state index contributed by atoms with van der Waals surface area (Å²) < 4.78 is 28.6. The first kappa shape index (κ1) is 17.9. The molecule has 25 heavy (non-hydrogen) atoms. The molecule has 1 aliphatic heterocycles. The third-order valence-electron chi connectivity index (χ3n) is 4.70. The highest BCUT2D eigenvalue weighted by molar-refractivity contribution is 7.92. The first-order valence-corrected chi connectivity index (χ1v) is 10.2. The summed E-state index contributed by atoms with van der Waals surface area (Å²) in [5.74, 6) is 0.475. The lowest BCUT2D eigenvalue weighted by molar-refractivity contribution is 0.247. The maximum atomic E-state index is 12.5. The van der Waals surface area contributed by atoms with Crippen molar-refractivity contribution in [2.24, 2.45) is 5.92 Å². The van der Waals surface area contributed by atoms with Gasteiger partial charge in [0.2, 0.25) is 10.0 Å². The van der Waals surface area contributed by atoms with Crippen LogP contribution in [0.15, 0.2) is 41.8 Å². The van der Waals surface area contributed by atoms with Gasteiger partial charge in [-0.15, -0.1) is 0 Å². The SMILES string of the molecule is Cc1cc(C)n(CC2CCN(S(=O)(=O)C=Cc3ccccc3)CC2)n1. The van der Waals surface area contributed by atoms with E-state index in [-0.39, 0.29) is 0 Å². The molecular formula is C19H25N3O2S. The first-order chi connectivity index (χ1) is 11.9. The second-order valence-electron chi connectivity index (χ2n) is 6.71. The summed E-state index contributed by atoms with van der Waals surface area (Å²) in [5, 5.41) is 5.83. The van der Waals surface area contributed by atoms with Gasteiger partial charge in [-0.2, -0.15) is 9.40 Å². The van der Waals surface area contributed by atoms with Crippen LogP contribution in [-0.4, -0.2) is 35.6 Å². The summed E-state index contributed by atoms with van der Waals surface area (Å²) in [6.45, 7) is 6.08. The summed E-state index contributed by atoms with van der Waals surface area (Å²) in [7, 11) is -3.35. The van der Waals surface area contributed by atoms with Crippen molar-refractivity contribution in [3.8, 4) is 0 Å². The standard InChI is InChI=1S/C19H25N3O2S/c1-16-14-17(2)22(20-16)15-19-8-11-21(12-9-19)25(23,24)13-10-18-6-4-3-5-7-18/h3-7,10,13-14,19H,8-9,11-12,15H2,1-2H3. The second kappa shape index (κ2) is 7.54. The predicted octanol–water partition coefficient (Wildman–Crippen LogP) is 3.21. The van der Waals surface area contributed by atoms with E-state index in [9.17, 15) is 8.42 Å². The molecule has 1 fully saturated rings. The van der Waals surface area contributed by atoms with E-state index in [1.807, 2.05) is 41.9 Å². The van der Waals surface area contributed by atoms with Gasteiger partial charge in [-0.3, -0.25) is 4.68 Å². The van der Waals surface area contributed by atoms with E-state index in [4.69, 9.17) is 0 Å². The molecule has 1 aromatic carbocycles. The molecule has 2 heterocycles. The third-order valence-corrected chi connectivity index (χ3v) is 6.26. The summed E-state index contributed by atoms with van der Waals surface area (Å²) in [6, 6.07) is 11.6. The summed E-state index contributed by atoms with van der Waals surface area (Å²) in [6.07, 6.45) is 3.41. The molecule has 0 radical (unpaired) electrons. The van der Waals surface area contributed by atoms with E-state index < -0.39 is 10.0 Å². The fourth-order valence-electron chi connectivity index (χ4n) is 3.27. The Morgan fingerprint density at radius 1 is 1.16 bits per heavy atom. The van der Waals surface area contributed by atoms with Crippen LogP contribution in [0.5, 0.6) is 0 Å². The van der Waals surface area contributed by atoms with Gasteiger partial charge in [0.25, 0.3) is 0 Å². The summed E-state index contributed by atoms with van der Waals surface area (Å²) >= 11 is 0. The topological polar surface area (TPSA) is 55.2 Å². The van der Waals surface area contributed by atoms with Gasteiger partial charge < -0.3 is 0 Å². The van der Waals surface area contributed by atoms with Crippen LogP contribution in [0.1, 0.15) is 29.8 Å². The van der Waals surface area contributed by atoms with Crippen LogP contribution in [0.2, 0.25) is 0 Å². The van der Waals surface area contributed by atoms with Crippen molar-refractivity contribution in [1.82, 2.24) is 14.1 Å². The van der Waals surface area contributed by atoms with E-state index in [1.54, 1.807) is 10.4 Å². The highest BCUT2D eigenvalue weighted by atomic mass is 32.2. The molecule has 0 bridgehead atoms. The Hall–Kier alpha value is -1.92. The zero-order valence-corrected chi connectivity index (χ0v) is 15.6. The van der Waals surface area contributed by atoms with Crippen molar-refractivity contribution < 1.29 is 8.42 Å². The third kappa shape index (κ3) is 4.58. The van der Waals surface area contributed by atoms with Crippen molar-refractivity contribution in [3.63, 3.8) is 0 Å². The molecule has 0 spiro atoms. The van der Waals surface area contributed by atoms with Gasteiger partial charge >= 0.3 is 0 Å². The maximum Gasteiger partial charge on any atom is 0.236 e. The number of hydrogen-bond donors (Lipinski definition) is 0. The zero-order valence-electron chi connectivity index (χ0n) is 14.8. The number of rotatable bonds is 5. The maximum absolute atomic E-state index is 12.5. The molecule has 0 aliphatic carbocycles. The molecule has 1 aromatic heterocycles. The minimum atomic E-state index is -3.35. The van der Waals surface area contributed by atoms with E-state index in [0.29, 0.717) is 19.0 Å². The highest BCUT2D eigenvalue weighted by Gasteiger charge is 2.26. The van der Waals surface area contributed by atoms with Crippen molar-refractivity contribution in [3.05, 3.63) is 58.8 Å². The lowest BCUT2D eigenvalue weighted by atomic mass is 9.98. The molecule has 6 heteroatoms. The normalized spacial score (nSPS) is 17.4. The molecule has 0 unspecified atom stereocenters. The minimum absolute atomic E-state index is 0.475. The van der Waals surface area contributed by atoms with Gasteiger partial charge in [-0.05, 0) is 50.3 Å². The molecule has 2 aromatic rings. The number of hydrogen-bond acceptors (Lipinski definition) is 3. The molecule has 0 N–H and O–H groups in total. The van der Waals surface area contributed by atoms with Crippen LogP contribution in [0.25, 0.3) is 6.08 Å². The summed E-state index contributed by atoms with van der Waals surface area (Å²) in [5.41, 5.74) is 3.09. The average Bonchev–Trinajstić information content (AvgIpc) is 2.92. The lowest BCUT2D eigenvalue weighted by Gasteiger charge is -2.30. The van der Waals surface area contributed by atoms with Gasteiger partial charge in [0.05, 0.1) is 5.69 Å². The minimum Gasteiger partial charge on any atom is -0.269 e. The Morgan fingerprint density at radius 2 is 1.84 bits per heavy atom. The van der Waals surface area contributed by atoms with Crippen LogP contribution >= 0.6 is 0 Å². The molecule has 0 amide bonds. The van der Waals surface area contributed by atoms with E-state index in [1.165, 1.54) is 11.1 Å². The molecule has 134 valence electrons. The Labute approximate surface area is 150 Å². The summed E-state index contributed by atoms with van der Waals surface area (Å²) in [4.78, 5) is 0. The molecule has 0 atom stereocenters. The number of benzene rings is 1. The Bertz CT molecular complexity index is 833. The Balaban J connectivity index is 1.57. The van der Waals surface area contributed by atoms with Crippen molar-refractivity contribution in [2.75, 3.05) is 13.1 Å². The van der Waals surface area contributed by atoms with Crippen LogP contribution in [0, 0.1) is 19.8 Å². The fraction of sp³-hybridized carbons (Fsp3) is 0.421. The van der Waals surface area contributed by atoms with Gasteiger partial charge in [0.15, 0.2) is 0 Å². The van der Waals surface area contributed by atoms with Gasteiger partial charge in [-0.1, -0.05) is 30.3 Å². The molecular weight excluding hydrogens is 334 g/mol. The number of nitrogens with zero attached hydrogens (tertiary/aromatic N) is 3. The van der Waals surface area contributed by atoms with Crippen molar-refractivity contribution in [1.29, 1.82) is 0 Å². The van der Waals surface area contributed by atoms with Crippen LogP contribution in [-0.2, 0) is 16.6 Å². The zero-order chi connectivity index (χ0) is 17.9.